The Labute approximate surface area is 168 Å². The third-order valence-electron chi connectivity index (χ3n) is 5.65. The van der Waals surface area contributed by atoms with Gasteiger partial charge in [-0.2, -0.15) is 0 Å². The summed E-state index contributed by atoms with van der Waals surface area (Å²) in [6, 6.07) is 21.0. The Morgan fingerprint density at radius 2 is 1.93 bits per heavy atom. The molecule has 1 atom stereocenters. The molecule has 3 heterocycles. The maximum Gasteiger partial charge on any atom is 0.228 e. The minimum absolute atomic E-state index is 0.0655. The Morgan fingerprint density at radius 1 is 1.11 bits per heavy atom. The first kappa shape index (κ1) is 17.3. The number of thiophene rings is 1. The van der Waals surface area contributed by atoms with Crippen LogP contribution < -0.4 is 0 Å². The average Bonchev–Trinajstić information content (AvgIpc) is 3.35. The molecule has 1 amide bonds. The summed E-state index contributed by atoms with van der Waals surface area (Å²) in [6.45, 7) is 2.84. The van der Waals surface area contributed by atoms with Crippen LogP contribution in [0.25, 0.3) is 10.9 Å². The van der Waals surface area contributed by atoms with E-state index in [1.807, 2.05) is 17.5 Å². The van der Waals surface area contributed by atoms with E-state index < -0.39 is 0 Å². The average molecular weight is 387 g/mol. The first-order valence-corrected chi connectivity index (χ1v) is 10.6. The van der Waals surface area contributed by atoms with Gasteiger partial charge in [0, 0.05) is 28.0 Å². The molecule has 4 heteroatoms. The molecule has 1 N–H and O–H groups in total. The minimum Gasteiger partial charge on any atom is -0.356 e. The van der Waals surface area contributed by atoms with E-state index in [0.717, 1.165) is 34.6 Å². The van der Waals surface area contributed by atoms with E-state index in [0.29, 0.717) is 6.42 Å². The zero-order chi connectivity index (χ0) is 19.1. The summed E-state index contributed by atoms with van der Waals surface area (Å²) in [7, 11) is 0. The van der Waals surface area contributed by atoms with E-state index in [1.165, 1.54) is 16.5 Å². The quantitative estimate of drug-likeness (QED) is 0.513. The van der Waals surface area contributed by atoms with Gasteiger partial charge in [-0.05, 0) is 42.0 Å². The predicted octanol–water partition coefficient (Wildman–Crippen LogP) is 5.25. The monoisotopic (exact) mass is 386 g/mol. The second kappa shape index (κ2) is 6.95. The lowest BCUT2D eigenvalue weighted by molar-refractivity contribution is -0.132. The van der Waals surface area contributed by atoms with Crippen molar-refractivity contribution in [2.75, 3.05) is 6.54 Å². The molecular formula is C24H22N2OS. The largest absolute Gasteiger partial charge is 0.356 e. The van der Waals surface area contributed by atoms with Crippen LogP contribution in [-0.2, 0) is 17.6 Å². The van der Waals surface area contributed by atoms with Crippen molar-refractivity contribution in [3.8, 4) is 0 Å². The molecule has 2 aromatic heterocycles. The standard InChI is InChI=1S/C24H22N2OS/c1-16-8-10-17(11-9-16)24-23-20(19-6-2-3-7-21(19)25-23)12-13-26(24)22(27)15-18-5-4-14-28-18/h2-11,14,24-25H,12-13,15H2,1H3. The summed E-state index contributed by atoms with van der Waals surface area (Å²) in [6.07, 6.45) is 1.35. The number of para-hydroxylation sites is 1. The SMILES string of the molecule is Cc1ccc(C2c3[nH]c4ccccc4c3CCN2C(=O)Cc2cccs2)cc1. The summed E-state index contributed by atoms with van der Waals surface area (Å²) in [4.78, 5) is 20.1. The molecule has 5 rings (SSSR count). The van der Waals surface area contributed by atoms with Crippen molar-refractivity contribution in [1.82, 2.24) is 9.88 Å². The number of benzene rings is 2. The molecule has 4 aromatic rings. The molecule has 1 aliphatic heterocycles. The fourth-order valence-electron chi connectivity index (χ4n) is 4.27. The number of aryl methyl sites for hydroxylation is 1. The highest BCUT2D eigenvalue weighted by Gasteiger charge is 2.34. The molecule has 1 aliphatic rings. The van der Waals surface area contributed by atoms with Gasteiger partial charge in [-0.3, -0.25) is 4.79 Å². The topological polar surface area (TPSA) is 36.1 Å². The van der Waals surface area contributed by atoms with Gasteiger partial charge in [0.05, 0.1) is 12.5 Å². The minimum atomic E-state index is -0.0655. The van der Waals surface area contributed by atoms with E-state index in [2.05, 4.69) is 65.3 Å². The molecule has 140 valence electrons. The smallest absolute Gasteiger partial charge is 0.228 e. The van der Waals surface area contributed by atoms with Crippen molar-refractivity contribution in [3.63, 3.8) is 0 Å². The molecule has 0 spiro atoms. The zero-order valence-corrected chi connectivity index (χ0v) is 16.6. The fourth-order valence-corrected chi connectivity index (χ4v) is 4.96. The van der Waals surface area contributed by atoms with Gasteiger partial charge >= 0.3 is 0 Å². The highest BCUT2D eigenvalue weighted by atomic mass is 32.1. The van der Waals surface area contributed by atoms with Crippen LogP contribution >= 0.6 is 11.3 Å². The van der Waals surface area contributed by atoms with Crippen LogP contribution in [0.1, 0.15) is 33.3 Å². The maximum absolute atomic E-state index is 13.3. The zero-order valence-electron chi connectivity index (χ0n) is 15.8. The van der Waals surface area contributed by atoms with Crippen molar-refractivity contribution in [2.45, 2.75) is 25.8 Å². The van der Waals surface area contributed by atoms with Gasteiger partial charge in [-0.1, -0.05) is 54.1 Å². The maximum atomic E-state index is 13.3. The van der Waals surface area contributed by atoms with Gasteiger partial charge in [-0.15, -0.1) is 11.3 Å². The van der Waals surface area contributed by atoms with Crippen molar-refractivity contribution < 1.29 is 4.79 Å². The van der Waals surface area contributed by atoms with Gasteiger partial charge in [0.25, 0.3) is 0 Å². The van der Waals surface area contributed by atoms with Crippen molar-refractivity contribution >= 4 is 28.1 Å². The number of nitrogens with zero attached hydrogens (tertiary/aromatic N) is 1. The normalized spacial score (nSPS) is 16.3. The lowest BCUT2D eigenvalue weighted by Crippen LogP contribution is -2.41. The van der Waals surface area contributed by atoms with E-state index >= 15 is 0 Å². The molecule has 0 saturated heterocycles. The number of hydrogen-bond donors (Lipinski definition) is 1. The summed E-state index contributed by atoms with van der Waals surface area (Å²) in [5.74, 6) is 0.192. The molecule has 0 aliphatic carbocycles. The van der Waals surface area contributed by atoms with E-state index in [-0.39, 0.29) is 11.9 Å². The number of aromatic amines is 1. The summed E-state index contributed by atoms with van der Waals surface area (Å²) >= 11 is 1.65. The molecule has 0 radical (unpaired) electrons. The summed E-state index contributed by atoms with van der Waals surface area (Å²) in [5, 5.41) is 3.31. The van der Waals surface area contributed by atoms with E-state index in [4.69, 9.17) is 0 Å². The number of amides is 1. The first-order valence-electron chi connectivity index (χ1n) is 9.68. The van der Waals surface area contributed by atoms with Gasteiger partial charge in [0.15, 0.2) is 0 Å². The van der Waals surface area contributed by atoms with Crippen LogP contribution in [0.5, 0.6) is 0 Å². The number of hydrogen-bond acceptors (Lipinski definition) is 2. The lowest BCUT2D eigenvalue weighted by atomic mass is 9.91. The molecule has 0 bridgehead atoms. The Balaban J connectivity index is 1.60. The van der Waals surface area contributed by atoms with Crippen molar-refractivity contribution in [1.29, 1.82) is 0 Å². The first-order chi connectivity index (χ1) is 13.7. The van der Waals surface area contributed by atoms with Crippen LogP contribution in [0.3, 0.4) is 0 Å². The van der Waals surface area contributed by atoms with Gasteiger partial charge in [0.2, 0.25) is 5.91 Å². The number of fused-ring (bicyclic) bond motifs is 3. The Kier molecular flexibility index (Phi) is 4.29. The molecule has 0 saturated carbocycles. The van der Waals surface area contributed by atoms with E-state index in [1.54, 1.807) is 11.3 Å². The fraction of sp³-hybridized carbons (Fsp3) is 0.208. The van der Waals surface area contributed by atoms with Crippen LogP contribution in [-0.4, -0.2) is 22.3 Å². The summed E-state index contributed by atoms with van der Waals surface area (Å²) in [5.41, 5.74) is 6.06. The molecule has 0 fully saturated rings. The second-order valence-corrected chi connectivity index (χ2v) is 8.50. The van der Waals surface area contributed by atoms with Crippen molar-refractivity contribution in [3.05, 3.63) is 93.3 Å². The molecule has 1 unspecified atom stereocenters. The second-order valence-electron chi connectivity index (χ2n) is 7.47. The van der Waals surface area contributed by atoms with Crippen LogP contribution in [0, 0.1) is 6.92 Å². The highest BCUT2D eigenvalue weighted by molar-refractivity contribution is 7.10. The highest BCUT2D eigenvalue weighted by Crippen LogP contribution is 2.38. The lowest BCUT2D eigenvalue weighted by Gasteiger charge is -2.36. The Hall–Kier alpha value is -2.85. The third-order valence-corrected chi connectivity index (χ3v) is 6.53. The van der Waals surface area contributed by atoms with Crippen molar-refractivity contribution in [2.24, 2.45) is 0 Å². The third kappa shape index (κ3) is 2.94. The van der Waals surface area contributed by atoms with Crippen LogP contribution in [0.2, 0.25) is 0 Å². The van der Waals surface area contributed by atoms with E-state index in [9.17, 15) is 4.79 Å². The number of H-pyrrole nitrogens is 1. The molecule has 2 aromatic carbocycles. The predicted molar refractivity (Wildman–Crippen MR) is 115 cm³/mol. The van der Waals surface area contributed by atoms with Crippen LogP contribution in [0.4, 0.5) is 0 Å². The molecular weight excluding hydrogens is 364 g/mol. The Morgan fingerprint density at radius 3 is 2.71 bits per heavy atom. The number of carbonyl (C=O) groups is 1. The van der Waals surface area contributed by atoms with Gasteiger partial charge in [-0.25, -0.2) is 0 Å². The number of carbonyl (C=O) groups excluding carboxylic acids is 1. The number of aromatic nitrogens is 1. The molecule has 28 heavy (non-hydrogen) atoms. The number of nitrogens with one attached hydrogen (secondary N) is 1. The van der Waals surface area contributed by atoms with Gasteiger partial charge < -0.3 is 9.88 Å². The molecule has 3 nitrogen and oxygen atoms in total. The van der Waals surface area contributed by atoms with Crippen LogP contribution in [0.15, 0.2) is 66.0 Å². The summed E-state index contributed by atoms with van der Waals surface area (Å²) < 4.78 is 0. The number of rotatable bonds is 3. The van der Waals surface area contributed by atoms with Gasteiger partial charge in [0.1, 0.15) is 0 Å². The Bertz CT molecular complexity index is 1130.